The summed E-state index contributed by atoms with van der Waals surface area (Å²) in [7, 11) is 0. The van der Waals surface area contributed by atoms with E-state index in [2.05, 4.69) is 28.1 Å². The van der Waals surface area contributed by atoms with Crippen LogP contribution >= 0.6 is 15.9 Å². The zero-order chi connectivity index (χ0) is 14.4. The van der Waals surface area contributed by atoms with Crippen molar-refractivity contribution in [2.75, 3.05) is 6.61 Å². The lowest BCUT2D eigenvalue weighted by Crippen LogP contribution is -2.31. The largest absolute Gasteiger partial charge is 0.493 e. The Morgan fingerprint density at radius 3 is 2.76 bits per heavy atom. The Morgan fingerprint density at radius 2 is 1.86 bits per heavy atom. The molecule has 2 aromatic rings. The number of halogens is 1. The number of rotatable bonds is 0. The van der Waals surface area contributed by atoms with Gasteiger partial charge in [-0.2, -0.15) is 0 Å². The number of fused-ring (bicyclic) bond motifs is 2. The lowest BCUT2D eigenvalue weighted by molar-refractivity contribution is 0.0789. The molecular formula is C18H15BrO2. The molecule has 0 radical (unpaired) electrons. The molecule has 1 heterocycles. The van der Waals surface area contributed by atoms with Crippen LogP contribution in [0.1, 0.15) is 27.9 Å². The van der Waals surface area contributed by atoms with Crippen molar-refractivity contribution < 1.29 is 9.53 Å². The molecule has 1 unspecified atom stereocenters. The lowest BCUT2D eigenvalue weighted by Gasteiger charge is -2.24. The number of ketones is 1. The van der Waals surface area contributed by atoms with E-state index in [1.165, 1.54) is 5.56 Å². The van der Waals surface area contributed by atoms with Crippen molar-refractivity contribution >= 4 is 21.7 Å². The Bertz CT molecular complexity index is 738. The SMILES string of the molecule is O=C1c2cc(Br)ccc2CC12CCOc1ccccc1C2. The first-order valence-electron chi connectivity index (χ1n) is 7.22. The van der Waals surface area contributed by atoms with Crippen molar-refractivity contribution in [3.05, 3.63) is 63.6 Å². The van der Waals surface area contributed by atoms with Gasteiger partial charge in [-0.05, 0) is 48.6 Å². The monoisotopic (exact) mass is 342 g/mol. The van der Waals surface area contributed by atoms with Gasteiger partial charge in [0.2, 0.25) is 0 Å². The Kier molecular flexibility index (Phi) is 2.93. The zero-order valence-corrected chi connectivity index (χ0v) is 13.2. The Labute approximate surface area is 132 Å². The molecule has 1 atom stereocenters. The van der Waals surface area contributed by atoms with E-state index < -0.39 is 0 Å². The van der Waals surface area contributed by atoms with Gasteiger partial charge in [-0.15, -0.1) is 0 Å². The molecule has 2 aromatic carbocycles. The molecule has 106 valence electrons. The van der Waals surface area contributed by atoms with Gasteiger partial charge in [0.15, 0.2) is 5.78 Å². The summed E-state index contributed by atoms with van der Waals surface area (Å²) in [5.74, 6) is 1.21. The van der Waals surface area contributed by atoms with Crippen molar-refractivity contribution in [3.63, 3.8) is 0 Å². The number of carbonyl (C=O) groups excluding carboxylic acids is 1. The first kappa shape index (κ1) is 13.1. The molecule has 1 aliphatic carbocycles. The van der Waals surface area contributed by atoms with Gasteiger partial charge in [-0.3, -0.25) is 4.79 Å². The van der Waals surface area contributed by atoms with E-state index in [-0.39, 0.29) is 11.2 Å². The Hall–Kier alpha value is -1.61. The van der Waals surface area contributed by atoms with Crippen molar-refractivity contribution in [1.82, 2.24) is 0 Å². The molecule has 3 heteroatoms. The van der Waals surface area contributed by atoms with Gasteiger partial charge in [0.1, 0.15) is 5.75 Å². The maximum Gasteiger partial charge on any atom is 0.170 e. The van der Waals surface area contributed by atoms with Gasteiger partial charge in [-0.25, -0.2) is 0 Å². The van der Waals surface area contributed by atoms with E-state index in [4.69, 9.17) is 4.74 Å². The van der Waals surface area contributed by atoms with Crippen LogP contribution in [0.3, 0.4) is 0 Å². The first-order valence-corrected chi connectivity index (χ1v) is 8.01. The van der Waals surface area contributed by atoms with E-state index in [0.717, 1.165) is 40.6 Å². The number of carbonyl (C=O) groups is 1. The second kappa shape index (κ2) is 4.70. The highest BCUT2D eigenvalue weighted by Crippen LogP contribution is 2.45. The van der Waals surface area contributed by atoms with Crippen molar-refractivity contribution in [1.29, 1.82) is 0 Å². The lowest BCUT2D eigenvalue weighted by atomic mass is 9.76. The van der Waals surface area contributed by atoms with Gasteiger partial charge in [0.05, 0.1) is 6.61 Å². The van der Waals surface area contributed by atoms with Crippen molar-refractivity contribution in [2.24, 2.45) is 5.41 Å². The van der Waals surface area contributed by atoms with E-state index in [9.17, 15) is 4.79 Å². The smallest absolute Gasteiger partial charge is 0.170 e. The molecule has 21 heavy (non-hydrogen) atoms. The van der Waals surface area contributed by atoms with Crippen LogP contribution in [0.2, 0.25) is 0 Å². The minimum absolute atomic E-state index is 0.277. The predicted octanol–water partition coefficient (Wildman–Crippen LogP) is 4.20. The Balaban J connectivity index is 1.78. The fourth-order valence-corrected chi connectivity index (χ4v) is 3.95. The molecule has 0 bridgehead atoms. The van der Waals surface area contributed by atoms with Crippen LogP contribution in [0, 0.1) is 5.41 Å². The van der Waals surface area contributed by atoms with Crippen LogP contribution < -0.4 is 4.74 Å². The molecule has 0 saturated carbocycles. The van der Waals surface area contributed by atoms with E-state index in [1.54, 1.807) is 0 Å². The second-order valence-electron chi connectivity index (χ2n) is 5.97. The molecule has 0 fully saturated rings. The summed E-state index contributed by atoms with van der Waals surface area (Å²) >= 11 is 3.47. The zero-order valence-electron chi connectivity index (χ0n) is 11.6. The minimum atomic E-state index is -0.324. The summed E-state index contributed by atoms with van der Waals surface area (Å²) in [5, 5.41) is 0. The van der Waals surface area contributed by atoms with E-state index >= 15 is 0 Å². The molecule has 2 nitrogen and oxygen atoms in total. The molecule has 0 saturated heterocycles. The highest BCUT2D eigenvalue weighted by atomic mass is 79.9. The minimum Gasteiger partial charge on any atom is -0.493 e. The van der Waals surface area contributed by atoms with Crippen molar-refractivity contribution in [3.8, 4) is 5.75 Å². The molecule has 0 N–H and O–H groups in total. The summed E-state index contributed by atoms with van der Waals surface area (Å²) in [6.07, 6.45) is 2.38. The topological polar surface area (TPSA) is 26.3 Å². The van der Waals surface area contributed by atoms with Crippen LogP contribution in [0.5, 0.6) is 5.75 Å². The maximum atomic E-state index is 13.0. The summed E-state index contributed by atoms with van der Waals surface area (Å²) in [6, 6.07) is 14.1. The van der Waals surface area contributed by atoms with Crippen molar-refractivity contribution in [2.45, 2.75) is 19.3 Å². The van der Waals surface area contributed by atoms with Crippen LogP contribution in [-0.4, -0.2) is 12.4 Å². The van der Waals surface area contributed by atoms with Crippen LogP contribution in [-0.2, 0) is 12.8 Å². The normalized spacial score (nSPS) is 23.4. The number of benzene rings is 2. The number of Topliss-reactive ketones (excluding diaryl/α,β-unsaturated/α-hetero) is 1. The molecule has 1 spiro atoms. The van der Waals surface area contributed by atoms with E-state index in [0.29, 0.717) is 6.61 Å². The highest BCUT2D eigenvalue weighted by molar-refractivity contribution is 9.10. The Morgan fingerprint density at radius 1 is 1.05 bits per heavy atom. The number of hydrogen-bond acceptors (Lipinski definition) is 2. The second-order valence-corrected chi connectivity index (χ2v) is 6.89. The molecule has 0 amide bonds. The predicted molar refractivity (Wildman–Crippen MR) is 84.9 cm³/mol. The van der Waals surface area contributed by atoms with Gasteiger partial charge >= 0.3 is 0 Å². The van der Waals surface area contributed by atoms with Crippen LogP contribution in [0.4, 0.5) is 0 Å². The fourth-order valence-electron chi connectivity index (χ4n) is 3.59. The quantitative estimate of drug-likeness (QED) is 0.717. The number of ether oxygens (including phenoxy) is 1. The third-order valence-corrected chi connectivity index (χ3v) is 5.16. The average Bonchev–Trinajstić information content (AvgIpc) is 2.65. The fraction of sp³-hybridized carbons (Fsp3) is 0.278. The van der Waals surface area contributed by atoms with Crippen LogP contribution in [0.25, 0.3) is 0 Å². The summed E-state index contributed by atoms with van der Waals surface area (Å²) < 4.78 is 6.81. The number of para-hydroxylation sites is 1. The molecular weight excluding hydrogens is 328 g/mol. The van der Waals surface area contributed by atoms with Gasteiger partial charge in [0, 0.05) is 15.5 Å². The van der Waals surface area contributed by atoms with Gasteiger partial charge in [0.25, 0.3) is 0 Å². The van der Waals surface area contributed by atoms with Crippen LogP contribution in [0.15, 0.2) is 46.9 Å². The summed E-state index contributed by atoms with van der Waals surface area (Å²) in [5.41, 5.74) is 2.87. The highest BCUT2D eigenvalue weighted by Gasteiger charge is 2.46. The molecule has 2 aliphatic rings. The number of hydrogen-bond donors (Lipinski definition) is 0. The first-order chi connectivity index (χ1) is 10.2. The van der Waals surface area contributed by atoms with Gasteiger partial charge < -0.3 is 4.74 Å². The van der Waals surface area contributed by atoms with Gasteiger partial charge in [-0.1, -0.05) is 40.2 Å². The summed E-state index contributed by atoms with van der Waals surface area (Å²) in [4.78, 5) is 13.0. The molecule has 1 aliphatic heterocycles. The standard InChI is InChI=1S/C18H15BrO2/c19-14-6-5-12-10-18(17(20)15(12)9-14)7-8-21-16-4-2-1-3-13(16)11-18/h1-6,9H,7-8,10-11H2. The molecule has 4 rings (SSSR count). The third kappa shape index (κ3) is 2.03. The maximum absolute atomic E-state index is 13.0. The third-order valence-electron chi connectivity index (χ3n) is 4.67. The average molecular weight is 343 g/mol. The summed E-state index contributed by atoms with van der Waals surface area (Å²) in [6.45, 7) is 0.609. The molecule has 0 aromatic heterocycles. The van der Waals surface area contributed by atoms with E-state index in [1.807, 2.05) is 30.3 Å².